The molecule has 4 heteroatoms. The molecule has 1 unspecified atom stereocenters. The van der Waals surface area contributed by atoms with Crippen LogP contribution in [0.2, 0.25) is 0 Å². The van der Waals surface area contributed by atoms with Gasteiger partial charge in [0.05, 0.1) is 6.10 Å². The largest absolute Gasteiger partial charge is 0.380 e. The molecule has 0 saturated heterocycles. The first-order chi connectivity index (χ1) is 10.8. The second kappa shape index (κ2) is 7.56. The van der Waals surface area contributed by atoms with Gasteiger partial charge in [-0.05, 0) is 36.1 Å². The summed E-state index contributed by atoms with van der Waals surface area (Å²) in [7, 11) is 0. The predicted octanol–water partition coefficient (Wildman–Crippen LogP) is 4.66. The summed E-state index contributed by atoms with van der Waals surface area (Å²) in [6, 6.07) is 17.7. The van der Waals surface area contributed by atoms with Crippen molar-refractivity contribution in [3.8, 4) is 16.9 Å². The Morgan fingerprint density at radius 3 is 2.14 bits per heavy atom. The molecule has 1 saturated carbocycles. The molecule has 2 aromatic carbocycles. The molecule has 116 valence electrons. The van der Waals surface area contributed by atoms with Crippen LogP contribution in [0.15, 0.2) is 54.6 Å². The summed E-state index contributed by atoms with van der Waals surface area (Å²) in [6.45, 7) is 0. The van der Waals surface area contributed by atoms with Crippen molar-refractivity contribution in [2.45, 2.75) is 38.2 Å². The van der Waals surface area contributed by atoms with Gasteiger partial charge in [0, 0.05) is 0 Å². The summed E-state index contributed by atoms with van der Waals surface area (Å²) in [4.78, 5) is 0. The third kappa shape index (κ3) is 4.18. The first kappa shape index (κ1) is 15.3. The van der Waals surface area contributed by atoms with Crippen molar-refractivity contribution in [1.82, 2.24) is 0 Å². The summed E-state index contributed by atoms with van der Waals surface area (Å²) in [5.74, 6) is 0.564. The average Bonchev–Trinajstić information content (AvgIpc) is 2.57. The van der Waals surface area contributed by atoms with Crippen LogP contribution < -0.4 is 4.18 Å². The minimum Gasteiger partial charge on any atom is -0.380 e. The van der Waals surface area contributed by atoms with Crippen LogP contribution in [0.1, 0.15) is 32.1 Å². The minimum absolute atomic E-state index is 0.0678. The van der Waals surface area contributed by atoms with Crippen LogP contribution in [0.5, 0.6) is 5.75 Å². The highest BCUT2D eigenvalue weighted by molar-refractivity contribution is 7.75. The minimum atomic E-state index is -1.72. The molecule has 1 aliphatic carbocycles. The van der Waals surface area contributed by atoms with E-state index in [1.165, 1.54) is 6.42 Å². The molecule has 0 heterocycles. The molecule has 0 aliphatic heterocycles. The van der Waals surface area contributed by atoms with Crippen LogP contribution in [0.3, 0.4) is 0 Å². The first-order valence-electron chi connectivity index (χ1n) is 7.74. The van der Waals surface area contributed by atoms with Crippen molar-refractivity contribution in [3.05, 3.63) is 54.6 Å². The fourth-order valence-corrected chi connectivity index (χ4v) is 3.43. The lowest BCUT2D eigenvalue weighted by Crippen LogP contribution is -2.20. The Morgan fingerprint density at radius 2 is 1.45 bits per heavy atom. The van der Waals surface area contributed by atoms with E-state index in [9.17, 15) is 4.21 Å². The van der Waals surface area contributed by atoms with E-state index in [4.69, 9.17) is 8.37 Å². The second-order valence-electron chi connectivity index (χ2n) is 5.53. The molecule has 1 atom stereocenters. The third-order valence-corrected chi connectivity index (χ3v) is 4.65. The lowest BCUT2D eigenvalue weighted by molar-refractivity contribution is 0.160. The van der Waals surface area contributed by atoms with Gasteiger partial charge in [0.25, 0.3) is 0 Å². The summed E-state index contributed by atoms with van der Waals surface area (Å²) in [5.41, 5.74) is 2.25. The summed E-state index contributed by atoms with van der Waals surface area (Å²) < 4.78 is 22.7. The second-order valence-corrected chi connectivity index (χ2v) is 6.30. The topological polar surface area (TPSA) is 35.5 Å². The molecule has 0 radical (unpaired) electrons. The molecule has 0 bridgehead atoms. The maximum absolute atomic E-state index is 11.9. The first-order valence-corrected chi connectivity index (χ1v) is 8.74. The van der Waals surface area contributed by atoms with Gasteiger partial charge in [-0.3, -0.25) is 4.18 Å². The van der Waals surface area contributed by atoms with Gasteiger partial charge in [-0.2, -0.15) is 4.21 Å². The molecule has 22 heavy (non-hydrogen) atoms. The SMILES string of the molecule is O=S(Oc1ccc(-c2ccccc2)cc1)OC1CCCCC1. The lowest BCUT2D eigenvalue weighted by Gasteiger charge is -2.20. The molecule has 3 rings (SSSR count). The zero-order valence-corrected chi connectivity index (χ0v) is 13.3. The van der Waals surface area contributed by atoms with Crippen LogP contribution in [0, 0.1) is 0 Å². The van der Waals surface area contributed by atoms with Crippen molar-refractivity contribution < 1.29 is 12.6 Å². The van der Waals surface area contributed by atoms with E-state index in [0.717, 1.165) is 36.8 Å². The molecule has 3 nitrogen and oxygen atoms in total. The van der Waals surface area contributed by atoms with E-state index in [1.54, 1.807) is 0 Å². The van der Waals surface area contributed by atoms with E-state index in [1.807, 2.05) is 42.5 Å². The highest BCUT2D eigenvalue weighted by Crippen LogP contribution is 2.24. The van der Waals surface area contributed by atoms with Gasteiger partial charge in [-0.25, -0.2) is 0 Å². The molecular formula is C18H20O3S. The van der Waals surface area contributed by atoms with E-state index < -0.39 is 11.4 Å². The Hall–Kier alpha value is -1.65. The van der Waals surface area contributed by atoms with E-state index in [-0.39, 0.29) is 6.10 Å². The molecule has 0 amide bonds. The van der Waals surface area contributed by atoms with E-state index in [0.29, 0.717) is 5.75 Å². The fourth-order valence-electron chi connectivity index (χ4n) is 2.70. The van der Waals surface area contributed by atoms with Crippen molar-refractivity contribution in [2.75, 3.05) is 0 Å². The van der Waals surface area contributed by atoms with Gasteiger partial charge < -0.3 is 4.18 Å². The molecule has 0 N–H and O–H groups in total. The number of hydrogen-bond acceptors (Lipinski definition) is 3. The zero-order valence-electron chi connectivity index (χ0n) is 12.4. The van der Waals surface area contributed by atoms with E-state index in [2.05, 4.69) is 12.1 Å². The smallest absolute Gasteiger partial charge is 0.360 e. The normalized spacial score (nSPS) is 17.1. The Bertz CT molecular complexity index is 604. The summed E-state index contributed by atoms with van der Waals surface area (Å²) >= 11 is -1.72. The highest BCUT2D eigenvalue weighted by atomic mass is 32.2. The van der Waals surface area contributed by atoms with Crippen LogP contribution in [0.25, 0.3) is 11.1 Å². The van der Waals surface area contributed by atoms with Crippen LogP contribution >= 0.6 is 0 Å². The van der Waals surface area contributed by atoms with Crippen molar-refractivity contribution >= 4 is 11.4 Å². The lowest BCUT2D eigenvalue weighted by atomic mass is 9.98. The molecule has 1 fully saturated rings. The Labute approximate surface area is 134 Å². The van der Waals surface area contributed by atoms with Crippen molar-refractivity contribution in [1.29, 1.82) is 0 Å². The van der Waals surface area contributed by atoms with Crippen molar-refractivity contribution in [3.63, 3.8) is 0 Å². The predicted molar refractivity (Wildman–Crippen MR) is 88.6 cm³/mol. The molecule has 0 spiro atoms. The van der Waals surface area contributed by atoms with Crippen LogP contribution in [0.4, 0.5) is 0 Å². The highest BCUT2D eigenvalue weighted by Gasteiger charge is 2.18. The Morgan fingerprint density at radius 1 is 0.818 bits per heavy atom. The number of hydrogen-bond donors (Lipinski definition) is 0. The van der Waals surface area contributed by atoms with Crippen molar-refractivity contribution in [2.24, 2.45) is 0 Å². The van der Waals surface area contributed by atoms with Gasteiger partial charge in [-0.1, -0.05) is 61.7 Å². The quantitative estimate of drug-likeness (QED) is 0.805. The molecule has 2 aromatic rings. The average molecular weight is 316 g/mol. The molecule has 1 aliphatic rings. The Kier molecular flexibility index (Phi) is 5.24. The van der Waals surface area contributed by atoms with Crippen LogP contribution in [-0.2, 0) is 15.5 Å². The number of rotatable bonds is 5. The summed E-state index contributed by atoms with van der Waals surface area (Å²) in [6.07, 6.45) is 5.55. The van der Waals surface area contributed by atoms with Gasteiger partial charge in [-0.15, -0.1) is 0 Å². The van der Waals surface area contributed by atoms with Gasteiger partial charge in [0.2, 0.25) is 0 Å². The third-order valence-electron chi connectivity index (χ3n) is 3.89. The van der Waals surface area contributed by atoms with Gasteiger partial charge >= 0.3 is 11.4 Å². The maximum Gasteiger partial charge on any atom is 0.360 e. The number of benzene rings is 2. The summed E-state index contributed by atoms with van der Waals surface area (Å²) in [5, 5.41) is 0. The van der Waals surface area contributed by atoms with Gasteiger partial charge in [0.1, 0.15) is 5.75 Å². The molecule has 0 aromatic heterocycles. The Balaban J connectivity index is 1.57. The standard InChI is InChI=1S/C18H20O3S/c19-22(20-17-9-5-2-6-10-17)21-18-13-11-16(12-14-18)15-7-3-1-4-8-15/h1,3-4,7-8,11-14,17H,2,5-6,9-10H2. The zero-order chi connectivity index (χ0) is 15.2. The molecular weight excluding hydrogens is 296 g/mol. The monoisotopic (exact) mass is 316 g/mol. The van der Waals surface area contributed by atoms with Crippen LogP contribution in [-0.4, -0.2) is 10.3 Å². The van der Waals surface area contributed by atoms with E-state index >= 15 is 0 Å². The maximum atomic E-state index is 11.9. The van der Waals surface area contributed by atoms with Gasteiger partial charge in [0.15, 0.2) is 0 Å². The fraction of sp³-hybridized carbons (Fsp3) is 0.333.